The monoisotopic (exact) mass is 252 g/mol. The molecule has 2 rings (SSSR count). The molecule has 0 amide bonds. The summed E-state index contributed by atoms with van der Waals surface area (Å²) in [6.45, 7) is 0.361. The van der Waals surface area contributed by atoms with Crippen LogP contribution in [0.3, 0.4) is 0 Å². The van der Waals surface area contributed by atoms with Gasteiger partial charge in [-0.15, -0.1) is 0 Å². The highest BCUT2D eigenvalue weighted by Gasteiger charge is 2.07. The van der Waals surface area contributed by atoms with E-state index in [0.717, 1.165) is 17.7 Å². The van der Waals surface area contributed by atoms with E-state index in [-0.39, 0.29) is 0 Å². The van der Waals surface area contributed by atoms with Crippen molar-refractivity contribution in [2.45, 2.75) is 16.5 Å². The molecule has 88 valence electrons. The summed E-state index contributed by atoms with van der Waals surface area (Å²) < 4.78 is 25.8. The number of aromatic nitrogens is 1. The molecule has 5 heteroatoms. The molecular formula is C12H10F2N2S. The van der Waals surface area contributed by atoms with Gasteiger partial charge in [0.1, 0.15) is 5.03 Å². The maximum atomic E-state index is 13.0. The van der Waals surface area contributed by atoms with Gasteiger partial charge in [0.15, 0.2) is 11.6 Å². The summed E-state index contributed by atoms with van der Waals surface area (Å²) in [5.74, 6) is -1.71. The fourth-order valence-corrected chi connectivity index (χ4v) is 2.24. The van der Waals surface area contributed by atoms with E-state index in [1.165, 1.54) is 17.8 Å². The Hall–Kier alpha value is -1.46. The van der Waals surface area contributed by atoms with Crippen molar-refractivity contribution in [1.29, 1.82) is 0 Å². The topological polar surface area (TPSA) is 38.9 Å². The predicted molar refractivity (Wildman–Crippen MR) is 62.6 cm³/mol. The Morgan fingerprint density at radius 2 is 2.00 bits per heavy atom. The van der Waals surface area contributed by atoms with Crippen LogP contribution >= 0.6 is 11.8 Å². The Labute approximate surface area is 102 Å². The van der Waals surface area contributed by atoms with Gasteiger partial charge in [0.25, 0.3) is 0 Å². The highest BCUT2D eigenvalue weighted by Crippen LogP contribution is 2.29. The number of hydrogen-bond donors (Lipinski definition) is 1. The molecule has 0 atom stereocenters. The summed E-state index contributed by atoms with van der Waals surface area (Å²) in [5, 5.41) is 0.709. The molecule has 0 aliphatic heterocycles. The zero-order chi connectivity index (χ0) is 12.3. The van der Waals surface area contributed by atoms with Crippen molar-refractivity contribution < 1.29 is 8.78 Å². The average Bonchev–Trinajstić information content (AvgIpc) is 2.34. The lowest BCUT2D eigenvalue weighted by Crippen LogP contribution is -1.99. The van der Waals surface area contributed by atoms with Crippen LogP contribution in [0.25, 0.3) is 0 Å². The zero-order valence-electron chi connectivity index (χ0n) is 8.86. The first kappa shape index (κ1) is 12.0. The highest BCUT2D eigenvalue weighted by molar-refractivity contribution is 7.99. The van der Waals surface area contributed by atoms with Crippen molar-refractivity contribution >= 4 is 11.8 Å². The van der Waals surface area contributed by atoms with Gasteiger partial charge in [-0.3, -0.25) is 0 Å². The predicted octanol–water partition coefficient (Wildman–Crippen LogP) is 2.97. The smallest absolute Gasteiger partial charge is 0.159 e. The lowest BCUT2D eigenvalue weighted by atomic mass is 10.3. The summed E-state index contributed by atoms with van der Waals surface area (Å²) in [6, 6.07) is 7.41. The van der Waals surface area contributed by atoms with Gasteiger partial charge in [-0.2, -0.15) is 0 Å². The Balaban J connectivity index is 2.28. The van der Waals surface area contributed by atoms with Gasteiger partial charge in [0.05, 0.1) is 0 Å². The molecular weight excluding hydrogens is 242 g/mol. The van der Waals surface area contributed by atoms with Gasteiger partial charge in [-0.05, 0) is 29.8 Å². The summed E-state index contributed by atoms with van der Waals surface area (Å²) in [6.07, 6.45) is 1.64. The first-order valence-corrected chi connectivity index (χ1v) is 5.79. The molecule has 2 nitrogen and oxygen atoms in total. The summed E-state index contributed by atoms with van der Waals surface area (Å²) in [4.78, 5) is 4.76. The number of benzene rings is 1. The molecule has 1 heterocycles. The van der Waals surface area contributed by atoms with E-state index in [0.29, 0.717) is 16.5 Å². The molecule has 0 saturated carbocycles. The highest BCUT2D eigenvalue weighted by atomic mass is 32.2. The van der Waals surface area contributed by atoms with Crippen molar-refractivity contribution in [1.82, 2.24) is 4.98 Å². The number of pyridine rings is 1. The average molecular weight is 252 g/mol. The molecule has 0 bridgehead atoms. The largest absolute Gasteiger partial charge is 0.326 e. The van der Waals surface area contributed by atoms with Crippen LogP contribution in [0.1, 0.15) is 5.56 Å². The normalized spacial score (nSPS) is 10.5. The minimum Gasteiger partial charge on any atom is -0.326 e. The molecule has 0 radical (unpaired) electrons. The quantitative estimate of drug-likeness (QED) is 0.912. The van der Waals surface area contributed by atoms with Crippen LogP contribution in [-0.4, -0.2) is 4.98 Å². The Bertz CT molecular complexity index is 532. The molecule has 1 aromatic heterocycles. The second-order valence-corrected chi connectivity index (χ2v) is 4.41. The third kappa shape index (κ3) is 2.81. The molecule has 0 unspecified atom stereocenters. The lowest BCUT2D eigenvalue weighted by molar-refractivity contribution is 0.506. The van der Waals surface area contributed by atoms with E-state index >= 15 is 0 Å². The lowest BCUT2D eigenvalue weighted by Gasteiger charge is -2.05. The van der Waals surface area contributed by atoms with Gasteiger partial charge in [0.2, 0.25) is 0 Å². The fourth-order valence-electron chi connectivity index (χ4n) is 1.32. The number of hydrogen-bond acceptors (Lipinski definition) is 3. The third-order valence-corrected chi connectivity index (χ3v) is 3.23. The maximum absolute atomic E-state index is 13.0. The molecule has 2 aromatic rings. The second kappa shape index (κ2) is 5.25. The van der Waals surface area contributed by atoms with Gasteiger partial charge in [-0.1, -0.05) is 17.8 Å². The third-order valence-electron chi connectivity index (χ3n) is 2.18. The minimum atomic E-state index is -0.861. The van der Waals surface area contributed by atoms with Gasteiger partial charge < -0.3 is 5.73 Å². The van der Waals surface area contributed by atoms with E-state index in [9.17, 15) is 8.78 Å². The molecule has 17 heavy (non-hydrogen) atoms. The van der Waals surface area contributed by atoms with Crippen LogP contribution in [0.4, 0.5) is 8.78 Å². The number of rotatable bonds is 3. The number of halogens is 2. The number of nitrogens with two attached hydrogens (primary N) is 1. The van der Waals surface area contributed by atoms with Gasteiger partial charge in [0, 0.05) is 17.6 Å². The van der Waals surface area contributed by atoms with Crippen LogP contribution in [0.2, 0.25) is 0 Å². The van der Waals surface area contributed by atoms with Crippen LogP contribution in [0.15, 0.2) is 46.5 Å². The molecule has 1 aromatic carbocycles. The SMILES string of the molecule is NCc1cccnc1Sc1ccc(F)c(F)c1. The van der Waals surface area contributed by atoms with Crippen molar-refractivity contribution in [3.05, 3.63) is 53.7 Å². The van der Waals surface area contributed by atoms with Crippen molar-refractivity contribution in [3.63, 3.8) is 0 Å². The van der Waals surface area contributed by atoms with E-state index in [2.05, 4.69) is 4.98 Å². The van der Waals surface area contributed by atoms with Crippen LogP contribution in [-0.2, 0) is 6.54 Å². The van der Waals surface area contributed by atoms with Crippen LogP contribution in [0, 0.1) is 11.6 Å². The Morgan fingerprint density at radius 3 is 2.71 bits per heavy atom. The standard InChI is InChI=1S/C12H10F2N2S/c13-10-4-3-9(6-11(10)14)17-12-8(7-15)2-1-5-16-12/h1-6H,7,15H2. The first-order chi connectivity index (χ1) is 8.20. The van der Waals surface area contributed by atoms with Crippen LogP contribution in [0.5, 0.6) is 0 Å². The molecule has 0 aliphatic rings. The van der Waals surface area contributed by atoms with Crippen molar-refractivity contribution in [2.75, 3.05) is 0 Å². The molecule has 0 saturated heterocycles. The minimum absolute atomic E-state index is 0.361. The van der Waals surface area contributed by atoms with E-state index < -0.39 is 11.6 Å². The molecule has 0 fully saturated rings. The summed E-state index contributed by atoms with van der Waals surface area (Å²) in [5.41, 5.74) is 6.45. The first-order valence-electron chi connectivity index (χ1n) is 4.97. The van der Waals surface area contributed by atoms with E-state index in [4.69, 9.17) is 5.73 Å². The van der Waals surface area contributed by atoms with E-state index in [1.807, 2.05) is 6.07 Å². The summed E-state index contributed by atoms with van der Waals surface area (Å²) in [7, 11) is 0. The van der Waals surface area contributed by atoms with Gasteiger partial charge >= 0.3 is 0 Å². The molecule has 0 aliphatic carbocycles. The van der Waals surface area contributed by atoms with E-state index in [1.54, 1.807) is 12.3 Å². The zero-order valence-corrected chi connectivity index (χ0v) is 9.68. The van der Waals surface area contributed by atoms with Gasteiger partial charge in [-0.25, -0.2) is 13.8 Å². The van der Waals surface area contributed by atoms with Crippen molar-refractivity contribution in [2.24, 2.45) is 5.73 Å². The number of nitrogens with zero attached hydrogens (tertiary/aromatic N) is 1. The second-order valence-electron chi connectivity index (χ2n) is 3.35. The van der Waals surface area contributed by atoms with Crippen molar-refractivity contribution in [3.8, 4) is 0 Å². The summed E-state index contributed by atoms with van der Waals surface area (Å²) >= 11 is 1.26. The molecule has 2 N–H and O–H groups in total. The van der Waals surface area contributed by atoms with Crippen LogP contribution < -0.4 is 5.73 Å². The molecule has 0 spiro atoms. The Kier molecular flexibility index (Phi) is 3.71. The fraction of sp³-hybridized carbons (Fsp3) is 0.0833. The maximum Gasteiger partial charge on any atom is 0.159 e. The Morgan fingerprint density at radius 1 is 1.18 bits per heavy atom.